The Balaban J connectivity index is 1.57. The minimum atomic E-state index is -0.413. The van der Waals surface area contributed by atoms with Crippen LogP contribution in [0.3, 0.4) is 0 Å². The number of hydrogen-bond donors (Lipinski definition) is 2. The van der Waals surface area contributed by atoms with Gasteiger partial charge in [0.05, 0.1) is 18.6 Å². The van der Waals surface area contributed by atoms with Crippen molar-refractivity contribution in [2.24, 2.45) is 7.05 Å². The lowest BCUT2D eigenvalue weighted by molar-refractivity contribution is -0.127. The Morgan fingerprint density at radius 1 is 1.32 bits per heavy atom. The maximum atomic E-state index is 13.5. The van der Waals surface area contributed by atoms with Crippen LogP contribution in [0.2, 0.25) is 0 Å². The first-order valence-corrected chi connectivity index (χ1v) is 11.8. The molecule has 2 heterocycles. The highest BCUT2D eigenvalue weighted by molar-refractivity contribution is 7.98. The molecule has 0 aliphatic carbocycles. The Kier molecular flexibility index (Phi) is 6.46. The van der Waals surface area contributed by atoms with Crippen molar-refractivity contribution < 1.29 is 9.59 Å². The van der Waals surface area contributed by atoms with E-state index < -0.39 is 6.04 Å². The number of aromatic nitrogens is 2. The van der Waals surface area contributed by atoms with Gasteiger partial charge in [-0.2, -0.15) is 11.8 Å². The number of imidazole rings is 1. The van der Waals surface area contributed by atoms with E-state index in [1.54, 1.807) is 23.0 Å². The predicted octanol–water partition coefficient (Wildman–Crippen LogP) is 2.88. The van der Waals surface area contributed by atoms with Crippen LogP contribution in [-0.2, 0) is 18.4 Å². The largest absolute Gasteiger partial charge is 0.379 e. The van der Waals surface area contributed by atoms with Crippen LogP contribution in [0.4, 0.5) is 5.69 Å². The van der Waals surface area contributed by atoms with Gasteiger partial charge in [0.1, 0.15) is 6.04 Å². The van der Waals surface area contributed by atoms with Gasteiger partial charge >= 0.3 is 0 Å². The van der Waals surface area contributed by atoms with Gasteiger partial charge in [-0.1, -0.05) is 18.2 Å². The zero-order valence-corrected chi connectivity index (χ0v) is 18.6. The molecule has 2 aromatic carbocycles. The Morgan fingerprint density at radius 2 is 2.19 bits per heavy atom. The third-order valence-electron chi connectivity index (χ3n) is 5.69. The summed E-state index contributed by atoms with van der Waals surface area (Å²) in [5.74, 6) is 0.695. The van der Waals surface area contributed by atoms with Crippen LogP contribution in [0.5, 0.6) is 0 Å². The van der Waals surface area contributed by atoms with Crippen LogP contribution in [-0.4, -0.2) is 57.4 Å². The monoisotopic (exact) mass is 437 g/mol. The zero-order valence-electron chi connectivity index (χ0n) is 17.8. The number of anilines is 1. The molecule has 1 aliphatic heterocycles. The van der Waals surface area contributed by atoms with Crippen molar-refractivity contribution in [3.63, 3.8) is 0 Å². The third-order valence-corrected chi connectivity index (χ3v) is 6.33. The van der Waals surface area contributed by atoms with Gasteiger partial charge < -0.3 is 20.1 Å². The second-order valence-corrected chi connectivity index (χ2v) is 8.66. The number of rotatable bonds is 7. The van der Waals surface area contributed by atoms with Gasteiger partial charge in [0, 0.05) is 37.6 Å². The number of thioether (sulfide) groups is 1. The fraction of sp³-hybridized carbons (Fsp3) is 0.348. The van der Waals surface area contributed by atoms with E-state index in [-0.39, 0.29) is 11.8 Å². The maximum Gasteiger partial charge on any atom is 0.255 e. The topological polar surface area (TPSA) is 79.3 Å². The third kappa shape index (κ3) is 4.54. The van der Waals surface area contributed by atoms with E-state index in [0.29, 0.717) is 31.6 Å². The molecule has 2 N–H and O–H groups in total. The van der Waals surface area contributed by atoms with Gasteiger partial charge in [-0.15, -0.1) is 0 Å². The average molecular weight is 438 g/mol. The molecule has 0 saturated carbocycles. The molecule has 8 heteroatoms. The van der Waals surface area contributed by atoms with E-state index in [1.165, 1.54) is 0 Å². The first-order chi connectivity index (χ1) is 15.1. The zero-order chi connectivity index (χ0) is 21.8. The van der Waals surface area contributed by atoms with Gasteiger partial charge in [-0.3, -0.25) is 9.59 Å². The van der Waals surface area contributed by atoms with E-state index in [0.717, 1.165) is 27.9 Å². The molecule has 0 radical (unpaired) electrons. The molecule has 0 bridgehead atoms. The molecule has 0 unspecified atom stereocenters. The summed E-state index contributed by atoms with van der Waals surface area (Å²) in [6.07, 6.45) is 6.29. The maximum absolute atomic E-state index is 13.5. The normalized spacial score (nSPS) is 16.4. The summed E-state index contributed by atoms with van der Waals surface area (Å²) in [6, 6.07) is 11.4. The Hall–Kier alpha value is -3.00. The molecule has 0 spiro atoms. The lowest BCUT2D eigenvalue weighted by Crippen LogP contribution is -2.57. The first kappa shape index (κ1) is 21.2. The minimum absolute atomic E-state index is 0.0597. The molecule has 1 atom stereocenters. The van der Waals surface area contributed by atoms with E-state index in [9.17, 15) is 9.59 Å². The van der Waals surface area contributed by atoms with E-state index in [4.69, 9.17) is 0 Å². The number of hydrogen-bond acceptors (Lipinski definition) is 5. The number of aryl methyl sites for hydroxylation is 1. The van der Waals surface area contributed by atoms with Crippen molar-refractivity contribution in [2.75, 3.05) is 30.4 Å². The molecule has 31 heavy (non-hydrogen) atoms. The Bertz CT molecular complexity index is 1100. The van der Waals surface area contributed by atoms with Crippen LogP contribution in [0, 0.1) is 0 Å². The summed E-state index contributed by atoms with van der Waals surface area (Å²) in [5, 5.41) is 8.20. The van der Waals surface area contributed by atoms with Crippen LogP contribution >= 0.6 is 11.8 Å². The number of carbonyl (C=O) groups is 2. The number of fused-ring (bicyclic) bond motifs is 1. The number of amides is 2. The van der Waals surface area contributed by atoms with Crippen LogP contribution in [0.15, 0.2) is 48.9 Å². The second kappa shape index (κ2) is 9.43. The average Bonchev–Trinajstić information content (AvgIpc) is 3.20. The Labute approximate surface area is 186 Å². The minimum Gasteiger partial charge on any atom is -0.379 e. The van der Waals surface area contributed by atoms with Crippen molar-refractivity contribution >= 4 is 40.0 Å². The molecule has 1 fully saturated rings. The van der Waals surface area contributed by atoms with Gasteiger partial charge in [-0.25, -0.2) is 4.98 Å². The van der Waals surface area contributed by atoms with Gasteiger partial charge in [0.25, 0.3) is 5.91 Å². The molecule has 7 nitrogen and oxygen atoms in total. The van der Waals surface area contributed by atoms with E-state index >= 15 is 0 Å². The highest BCUT2D eigenvalue weighted by Gasteiger charge is 2.33. The van der Waals surface area contributed by atoms with Crippen molar-refractivity contribution in [1.82, 2.24) is 19.8 Å². The van der Waals surface area contributed by atoms with E-state index in [2.05, 4.69) is 21.7 Å². The summed E-state index contributed by atoms with van der Waals surface area (Å²) in [5.41, 5.74) is 2.71. The Morgan fingerprint density at radius 3 is 2.97 bits per heavy atom. The summed E-state index contributed by atoms with van der Waals surface area (Å²) in [6.45, 7) is 1.69. The van der Waals surface area contributed by atoms with Crippen molar-refractivity contribution in [3.8, 4) is 0 Å². The molecular weight excluding hydrogens is 410 g/mol. The van der Waals surface area contributed by atoms with Crippen LogP contribution in [0.1, 0.15) is 22.5 Å². The number of benzene rings is 2. The van der Waals surface area contributed by atoms with Crippen molar-refractivity contribution in [2.45, 2.75) is 19.0 Å². The molecule has 4 rings (SSSR count). The fourth-order valence-electron chi connectivity index (χ4n) is 3.96. The summed E-state index contributed by atoms with van der Waals surface area (Å²) >= 11 is 1.69. The van der Waals surface area contributed by atoms with Crippen LogP contribution in [0.25, 0.3) is 10.8 Å². The van der Waals surface area contributed by atoms with Gasteiger partial charge in [0.2, 0.25) is 5.91 Å². The molecule has 2 amide bonds. The number of nitrogens with zero attached hydrogens (tertiary/aromatic N) is 3. The summed E-state index contributed by atoms with van der Waals surface area (Å²) in [7, 11) is 1.97. The quantitative estimate of drug-likeness (QED) is 0.594. The van der Waals surface area contributed by atoms with E-state index in [1.807, 2.05) is 54.4 Å². The lowest BCUT2D eigenvalue weighted by Gasteiger charge is -2.35. The standard InChI is InChI=1S/C23H27N5O2S/c1-27-15-24-13-18(27)14-26-17-6-7-19-16(12-17)4-3-5-20(19)23(30)28-10-9-25-22(29)21(28)8-11-31-2/h3-7,12-13,15,21,26H,8-11,14H2,1-2H3,(H,25,29)/t21-/m0/s1. The second-order valence-electron chi connectivity index (χ2n) is 7.68. The molecule has 1 aromatic heterocycles. The SMILES string of the molecule is CSCC[C@H]1C(=O)NCCN1C(=O)c1cccc2cc(NCc3cncn3C)ccc12. The summed E-state index contributed by atoms with van der Waals surface area (Å²) in [4.78, 5) is 31.7. The summed E-state index contributed by atoms with van der Waals surface area (Å²) < 4.78 is 1.98. The lowest BCUT2D eigenvalue weighted by atomic mass is 10.0. The highest BCUT2D eigenvalue weighted by atomic mass is 32.2. The highest BCUT2D eigenvalue weighted by Crippen LogP contribution is 2.25. The van der Waals surface area contributed by atoms with Crippen molar-refractivity contribution in [3.05, 3.63) is 60.2 Å². The van der Waals surface area contributed by atoms with Crippen LogP contribution < -0.4 is 10.6 Å². The number of nitrogens with one attached hydrogen (secondary N) is 2. The fourth-order valence-corrected chi connectivity index (χ4v) is 4.42. The number of piperazine rings is 1. The molecule has 162 valence electrons. The smallest absolute Gasteiger partial charge is 0.255 e. The van der Waals surface area contributed by atoms with Crippen molar-refractivity contribution in [1.29, 1.82) is 0 Å². The van der Waals surface area contributed by atoms with Gasteiger partial charge in [-0.05, 0) is 47.4 Å². The molecule has 3 aromatic rings. The molecule has 1 saturated heterocycles. The first-order valence-electron chi connectivity index (χ1n) is 10.4. The molecular formula is C23H27N5O2S. The molecule has 1 aliphatic rings. The predicted molar refractivity (Wildman–Crippen MR) is 125 cm³/mol. The number of carbonyl (C=O) groups excluding carboxylic acids is 2. The van der Waals surface area contributed by atoms with Gasteiger partial charge in [0.15, 0.2) is 0 Å².